The Kier molecular flexibility index (Phi) is 2.91. The molecule has 3 rings (SSSR count). The molecule has 18 heavy (non-hydrogen) atoms. The zero-order chi connectivity index (χ0) is 12.5. The Hall–Kier alpha value is -1.62. The molecule has 0 fully saturated rings. The average molecular weight is 347 g/mol. The minimum absolute atomic E-state index is 0.685. The molecule has 0 aliphatic rings. The Morgan fingerprint density at radius 2 is 1.56 bits per heavy atom. The number of hydrogen-bond donors (Lipinski definition) is 0. The molecule has 2 aromatic carbocycles. The van der Waals surface area contributed by atoms with Crippen molar-refractivity contribution in [2.75, 3.05) is 0 Å². The summed E-state index contributed by atoms with van der Waals surface area (Å²) in [4.78, 5) is 0. The Labute approximate surface area is 119 Å². The van der Waals surface area contributed by atoms with E-state index in [-0.39, 0.29) is 0 Å². The van der Waals surface area contributed by atoms with Gasteiger partial charge in [-0.15, -0.1) is 0 Å². The topological polar surface area (TPSA) is 26.9 Å². The predicted molar refractivity (Wildman–Crippen MR) is 81.1 cm³/mol. The summed E-state index contributed by atoms with van der Waals surface area (Å²) in [7, 11) is 0. The number of rotatable bonds is 1. The third-order valence-corrected chi connectivity index (χ3v) is 3.65. The van der Waals surface area contributed by atoms with Gasteiger partial charge in [0, 0.05) is 26.7 Å². The molecule has 0 bridgehead atoms. The zero-order valence-electron chi connectivity index (χ0n) is 9.51. The maximum Gasteiger partial charge on any atom is 0.224 e. The van der Waals surface area contributed by atoms with Gasteiger partial charge in [0.25, 0.3) is 0 Å². The summed E-state index contributed by atoms with van der Waals surface area (Å²) < 4.78 is 2.16. The monoisotopic (exact) mass is 347 g/mol. The summed E-state index contributed by atoms with van der Waals surface area (Å²) >= 11 is 2.25. The van der Waals surface area contributed by atoms with Crippen LogP contribution in [0.5, 0.6) is 0 Å². The predicted octanol–water partition coefficient (Wildman–Crippen LogP) is 3.74. The molecule has 0 unspecified atom stereocenters. The van der Waals surface area contributed by atoms with E-state index >= 15 is 0 Å². The van der Waals surface area contributed by atoms with Crippen LogP contribution in [0.15, 0.2) is 60.7 Å². The number of nitrogens with zero attached hydrogens (tertiary/aromatic N) is 1. The molecular weight excluding hydrogens is 337 g/mol. The van der Waals surface area contributed by atoms with Crippen molar-refractivity contribution in [3.63, 3.8) is 0 Å². The first-order chi connectivity index (χ1) is 8.75. The molecule has 3 aromatic rings. The second-order valence-electron chi connectivity index (χ2n) is 4.08. The zero-order valence-corrected chi connectivity index (χ0v) is 11.7. The van der Waals surface area contributed by atoms with Crippen LogP contribution in [-0.4, -0.2) is 0 Å². The maximum absolute atomic E-state index is 12.3. The molecular formula is C15H10INO. The van der Waals surface area contributed by atoms with E-state index in [1.807, 2.05) is 60.7 Å². The molecule has 0 amide bonds. The summed E-state index contributed by atoms with van der Waals surface area (Å²) in [6.45, 7) is 0. The largest absolute Gasteiger partial charge is 0.618 e. The molecule has 1 aromatic heterocycles. The molecule has 0 radical (unpaired) electrons. The van der Waals surface area contributed by atoms with Crippen LogP contribution in [0.4, 0.5) is 0 Å². The van der Waals surface area contributed by atoms with Crippen LogP contribution in [0.1, 0.15) is 0 Å². The second-order valence-corrected chi connectivity index (χ2v) is 5.32. The summed E-state index contributed by atoms with van der Waals surface area (Å²) in [6, 6.07) is 19.4. The lowest BCUT2D eigenvalue weighted by Crippen LogP contribution is -2.29. The van der Waals surface area contributed by atoms with Crippen molar-refractivity contribution in [1.29, 1.82) is 0 Å². The lowest BCUT2D eigenvalue weighted by atomic mass is 10.1. The van der Waals surface area contributed by atoms with Crippen LogP contribution in [0, 0.1) is 8.78 Å². The van der Waals surface area contributed by atoms with E-state index in [1.54, 1.807) is 0 Å². The first-order valence-electron chi connectivity index (χ1n) is 5.63. The van der Waals surface area contributed by atoms with E-state index < -0.39 is 0 Å². The number of benzene rings is 2. The van der Waals surface area contributed by atoms with E-state index in [0.717, 1.165) is 19.3 Å². The van der Waals surface area contributed by atoms with E-state index in [0.29, 0.717) is 11.2 Å². The van der Waals surface area contributed by atoms with Crippen molar-refractivity contribution in [3.05, 3.63) is 69.4 Å². The molecule has 0 aliphatic heterocycles. The smallest absolute Gasteiger partial charge is 0.224 e. The fourth-order valence-corrected chi connectivity index (χ4v) is 2.37. The average Bonchev–Trinajstić information content (AvgIpc) is 2.41. The highest BCUT2D eigenvalue weighted by Gasteiger charge is 2.11. The second kappa shape index (κ2) is 4.57. The minimum Gasteiger partial charge on any atom is -0.618 e. The third kappa shape index (κ3) is 1.95. The minimum atomic E-state index is 0.685. The van der Waals surface area contributed by atoms with Gasteiger partial charge in [-0.3, -0.25) is 0 Å². The van der Waals surface area contributed by atoms with Crippen molar-refractivity contribution in [1.82, 2.24) is 0 Å². The highest BCUT2D eigenvalue weighted by molar-refractivity contribution is 14.1. The van der Waals surface area contributed by atoms with Gasteiger partial charge < -0.3 is 5.21 Å². The van der Waals surface area contributed by atoms with Crippen molar-refractivity contribution < 1.29 is 4.73 Å². The molecule has 2 nitrogen and oxygen atoms in total. The van der Waals surface area contributed by atoms with Gasteiger partial charge >= 0.3 is 0 Å². The standard InChI is InChI=1S/C15H10INO/c16-13-8-5-12(6-9-13)15-10-7-11-3-1-2-4-14(11)17(15)18/h1-10H. The lowest BCUT2D eigenvalue weighted by Gasteiger charge is -2.07. The number of para-hydroxylation sites is 1. The van der Waals surface area contributed by atoms with Gasteiger partial charge in [0.15, 0.2) is 0 Å². The Bertz CT molecular complexity index is 707. The summed E-state index contributed by atoms with van der Waals surface area (Å²) in [5.74, 6) is 0. The third-order valence-electron chi connectivity index (χ3n) is 2.94. The SMILES string of the molecule is [O-][n+]1c(-c2ccc(I)cc2)ccc2ccccc21. The Morgan fingerprint density at radius 3 is 2.33 bits per heavy atom. The van der Waals surface area contributed by atoms with Gasteiger partial charge in [0.05, 0.1) is 0 Å². The molecule has 3 heteroatoms. The normalized spacial score (nSPS) is 10.7. The number of pyridine rings is 1. The van der Waals surface area contributed by atoms with Crippen molar-refractivity contribution in [3.8, 4) is 11.3 Å². The number of hydrogen-bond acceptors (Lipinski definition) is 1. The molecule has 0 atom stereocenters. The van der Waals surface area contributed by atoms with Crippen LogP contribution in [0.2, 0.25) is 0 Å². The molecule has 0 saturated heterocycles. The maximum atomic E-state index is 12.3. The number of aromatic nitrogens is 1. The molecule has 0 spiro atoms. The van der Waals surface area contributed by atoms with Gasteiger partial charge in [-0.1, -0.05) is 12.1 Å². The van der Waals surface area contributed by atoms with Crippen LogP contribution < -0.4 is 4.73 Å². The number of halogens is 1. The van der Waals surface area contributed by atoms with Crippen LogP contribution >= 0.6 is 22.6 Å². The fourth-order valence-electron chi connectivity index (χ4n) is 2.01. The summed E-state index contributed by atoms with van der Waals surface area (Å²) in [5.41, 5.74) is 2.33. The van der Waals surface area contributed by atoms with E-state index in [2.05, 4.69) is 22.6 Å². The molecule has 0 N–H and O–H groups in total. The van der Waals surface area contributed by atoms with E-state index in [4.69, 9.17) is 0 Å². The van der Waals surface area contributed by atoms with Crippen LogP contribution in [0.3, 0.4) is 0 Å². The van der Waals surface area contributed by atoms with Gasteiger partial charge in [-0.25, -0.2) is 0 Å². The Balaban J connectivity index is 2.24. The summed E-state index contributed by atoms with van der Waals surface area (Å²) in [6.07, 6.45) is 0. The van der Waals surface area contributed by atoms with Crippen molar-refractivity contribution >= 4 is 33.5 Å². The molecule has 88 valence electrons. The highest BCUT2D eigenvalue weighted by Crippen LogP contribution is 2.20. The molecule has 1 heterocycles. The highest BCUT2D eigenvalue weighted by atomic mass is 127. The van der Waals surface area contributed by atoms with Gasteiger partial charge in [-0.05, 0) is 59.0 Å². The van der Waals surface area contributed by atoms with Crippen molar-refractivity contribution in [2.24, 2.45) is 0 Å². The quantitative estimate of drug-likeness (QED) is 0.374. The fraction of sp³-hybridized carbons (Fsp3) is 0. The lowest BCUT2D eigenvalue weighted by molar-refractivity contribution is -0.565. The summed E-state index contributed by atoms with van der Waals surface area (Å²) in [5, 5.41) is 13.3. The number of fused-ring (bicyclic) bond motifs is 1. The van der Waals surface area contributed by atoms with Crippen LogP contribution in [0.25, 0.3) is 22.2 Å². The van der Waals surface area contributed by atoms with Crippen molar-refractivity contribution in [2.45, 2.75) is 0 Å². The first-order valence-corrected chi connectivity index (χ1v) is 6.71. The van der Waals surface area contributed by atoms with E-state index in [1.165, 1.54) is 0 Å². The first kappa shape index (κ1) is 11.5. The van der Waals surface area contributed by atoms with Gasteiger partial charge in [0.1, 0.15) is 0 Å². The Morgan fingerprint density at radius 1 is 0.833 bits per heavy atom. The van der Waals surface area contributed by atoms with E-state index in [9.17, 15) is 5.21 Å². The molecule has 0 aliphatic carbocycles. The van der Waals surface area contributed by atoms with Gasteiger partial charge in [-0.2, -0.15) is 4.73 Å². The molecule has 0 saturated carbocycles. The van der Waals surface area contributed by atoms with Gasteiger partial charge in [0.2, 0.25) is 11.2 Å². The van der Waals surface area contributed by atoms with Crippen LogP contribution in [-0.2, 0) is 0 Å².